The summed E-state index contributed by atoms with van der Waals surface area (Å²) in [5.74, 6) is 0. The molecular formula is C17H28N2O. The van der Waals surface area contributed by atoms with Gasteiger partial charge in [0.1, 0.15) is 0 Å². The van der Waals surface area contributed by atoms with Gasteiger partial charge in [-0.3, -0.25) is 4.90 Å². The van der Waals surface area contributed by atoms with Crippen molar-refractivity contribution < 1.29 is 4.74 Å². The second-order valence-electron chi connectivity index (χ2n) is 6.20. The summed E-state index contributed by atoms with van der Waals surface area (Å²) in [6.07, 6.45) is 11.1. The van der Waals surface area contributed by atoms with Crippen LogP contribution in [0.5, 0.6) is 0 Å². The maximum atomic E-state index is 5.46. The van der Waals surface area contributed by atoms with Crippen LogP contribution in [0.2, 0.25) is 0 Å². The van der Waals surface area contributed by atoms with Gasteiger partial charge in [0.05, 0.1) is 13.2 Å². The molecule has 3 heteroatoms. The lowest BCUT2D eigenvalue weighted by atomic mass is 9.97. The molecule has 2 fully saturated rings. The number of hydrogen-bond donors (Lipinski definition) is 0. The molecule has 0 bridgehead atoms. The number of allylic oxidation sites excluding steroid dienone is 4. The highest BCUT2D eigenvalue weighted by molar-refractivity contribution is 5.23. The van der Waals surface area contributed by atoms with E-state index in [9.17, 15) is 0 Å². The van der Waals surface area contributed by atoms with Gasteiger partial charge in [0, 0.05) is 37.9 Å². The van der Waals surface area contributed by atoms with E-state index >= 15 is 0 Å². The molecule has 0 aromatic rings. The van der Waals surface area contributed by atoms with E-state index < -0.39 is 0 Å². The van der Waals surface area contributed by atoms with E-state index in [1.54, 1.807) is 11.3 Å². The molecule has 0 N–H and O–H groups in total. The molecule has 0 aromatic heterocycles. The van der Waals surface area contributed by atoms with Gasteiger partial charge in [0.15, 0.2) is 0 Å². The van der Waals surface area contributed by atoms with E-state index in [0.29, 0.717) is 0 Å². The molecule has 0 unspecified atom stereocenters. The van der Waals surface area contributed by atoms with Crippen molar-refractivity contribution in [2.24, 2.45) is 0 Å². The SMILES string of the molecule is CCC1=CC=C(N2CCC(N3CCOCC3)CC2)CC1. The molecule has 3 nitrogen and oxygen atoms in total. The molecule has 0 radical (unpaired) electrons. The highest BCUT2D eigenvalue weighted by Gasteiger charge is 2.26. The first kappa shape index (κ1) is 14.2. The summed E-state index contributed by atoms with van der Waals surface area (Å²) in [6.45, 7) is 8.86. The molecule has 0 spiro atoms. The maximum absolute atomic E-state index is 5.46. The molecule has 2 heterocycles. The Balaban J connectivity index is 1.51. The van der Waals surface area contributed by atoms with Crippen molar-refractivity contribution in [3.8, 4) is 0 Å². The van der Waals surface area contributed by atoms with Crippen LogP contribution in [0, 0.1) is 0 Å². The van der Waals surface area contributed by atoms with Crippen LogP contribution in [0.25, 0.3) is 0 Å². The molecule has 3 rings (SSSR count). The Bertz CT molecular complexity index is 374. The summed E-state index contributed by atoms with van der Waals surface area (Å²) in [5.41, 5.74) is 3.18. The molecule has 112 valence electrons. The zero-order chi connectivity index (χ0) is 13.8. The van der Waals surface area contributed by atoms with Crippen LogP contribution >= 0.6 is 0 Å². The van der Waals surface area contributed by atoms with E-state index in [1.165, 1.54) is 45.2 Å². The smallest absolute Gasteiger partial charge is 0.0594 e. The summed E-state index contributed by atoms with van der Waals surface area (Å²) in [6, 6.07) is 0.793. The summed E-state index contributed by atoms with van der Waals surface area (Å²) in [5, 5.41) is 0. The number of rotatable bonds is 3. The molecule has 2 saturated heterocycles. The summed E-state index contributed by atoms with van der Waals surface area (Å²) in [4.78, 5) is 5.27. The molecule has 20 heavy (non-hydrogen) atoms. The minimum absolute atomic E-state index is 0.793. The highest BCUT2D eigenvalue weighted by atomic mass is 16.5. The number of ether oxygens (including phenoxy) is 1. The number of morpholine rings is 1. The van der Waals surface area contributed by atoms with Crippen molar-refractivity contribution in [3.63, 3.8) is 0 Å². The number of nitrogens with zero attached hydrogens (tertiary/aromatic N) is 2. The van der Waals surface area contributed by atoms with Crippen LogP contribution in [0.4, 0.5) is 0 Å². The molecule has 0 atom stereocenters. The first-order valence-corrected chi connectivity index (χ1v) is 8.32. The molecule has 0 saturated carbocycles. The van der Waals surface area contributed by atoms with Gasteiger partial charge >= 0.3 is 0 Å². The van der Waals surface area contributed by atoms with E-state index in [0.717, 1.165) is 32.3 Å². The largest absolute Gasteiger partial charge is 0.379 e. The number of hydrogen-bond acceptors (Lipinski definition) is 3. The predicted octanol–water partition coefficient (Wildman–Crippen LogP) is 2.80. The lowest BCUT2D eigenvalue weighted by molar-refractivity contribution is 0.00320. The lowest BCUT2D eigenvalue weighted by Gasteiger charge is -2.41. The average Bonchev–Trinajstić information content (AvgIpc) is 2.56. The quantitative estimate of drug-likeness (QED) is 0.788. The van der Waals surface area contributed by atoms with Crippen molar-refractivity contribution in [1.82, 2.24) is 9.80 Å². The summed E-state index contributed by atoms with van der Waals surface area (Å²) in [7, 11) is 0. The normalized spacial score (nSPS) is 26.4. The van der Waals surface area contributed by atoms with Gasteiger partial charge in [0.25, 0.3) is 0 Å². The zero-order valence-electron chi connectivity index (χ0n) is 12.8. The second kappa shape index (κ2) is 6.77. The van der Waals surface area contributed by atoms with Crippen molar-refractivity contribution in [2.45, 2.75) is 45.1 Å². The Kier molecular flexibility index (Phi) is 4.79. The van der Waals surface area contributed by atoms with Crippen LogP contribution in [-0.4, -0.2) is 55.2 Å². The van der Waals surface area contributed by atoms with Crippen molar-refractivity contribution >= 4 is 0 Å². The third-order valence-corrected chi connectivity index (χ3v) is 5.10. The molecule has 3 aliphatic rings. The number of likely N-dealkylation sites (tertiary alicyclic amines) is 1. The molecule has 1 aliphatic carbocycles. The minimum atomic E-state index is 0.793. The standard InChI is InChI=1S/C17H28N2O/c1-2-15-3-5-16(6-4-15)18-9-7-17(8-10-18)19-11-13-20-14-12-19/h3,5,17H,2,4,6-14H2,1H3. The van der Waals surface area contributed by atoms with E-state index in [4.69, 9.17) is 4.74 Å². The van der Waals surface area contributed by atoms with Crippen LogP contribution < -0.4 is 0 Å². The fourth-order valence-corrected chi connectivity index (χ4v) is 3.69. The second-order valence-corrected chi connectivity index (χ2v) is 6.20. The Morgan fingerprint density at radius 3 is 2.40 bits per heavy atom. The summed E-state index contributed by atoms with van der Waals surface area (Å²) >= 11 is 0. The van der Waals surface area contributed by atoms with E-state index in [-0.39, 0.29) is 0 Å². The monoisotopic (exact) mass is 276 g/mol. The van der Waals surface area contributed by atoms with Crippen molar-refractivity contribution in [2.75, 3.05) is 39.4 Å². The highest BCUT2D eigenvalue weighted by Crippen LogP contribution is 2.27. The van der Waals surface area contributed by atoms with Crippen molar-refractivity contribution in [3.05, 3.63) is 23.4 Å². The van der Waals surface area contributed by atoms with Crippen LogP contribution in [0.15, 0.2) is 23.4 Å². The Morgan fingerprint density at radius 2 is 1.80 bits per heavy atom. The maximum Gasteiger partial charge on any atom is 0.0594 e. The van der Waals surface area contributed by atoms with Crippen LogP contribution in [0.1, 0.15) is 39.0 Å². The third kappa shape index (κ3) is 3.26. The fraction of sp³-hybridized carbons (Fsp3) is 0.765. The number of piperidine rings is 1. The predicted molar refractivity (Wildman–Crippen MR) is 82.7 cm³/mol. The minimum Gasteiger partial charge on any atom is -0.379 e. The van der Waals surface area contributed by atoms with Gasteiger partial charge in [0.2, 0.25) is 0 Å². The average molecular weight is 276 g/mol. The summed E-state index contributed by atoms with van der Waals surface area (Å²) < 4.78 is 5.46. The van der Waals surface area contributed by atoms with E-state index in [2.05, 4.69) is 28.9 Å². The van der Waals surface area contributed by atoms with Crippen LogP contribution in [-0.2, 0) is 4.74 Å². The first-order valence-electron chi connectivity index (χ1n) is 8.32. The van der Waals surface area contributed by atoms with Gasteiger partial charge in [-0.05, 0) is 38.2 Å². The van der Waals surface area contributed by atoms with E-state index in [1.807, 2.05) is 0 Å². The fourth-order valence-electron chi connectivity index (χ4n) is 3.69. The van der Waals surface area contributed by atoms with Crippen molar-refractivity contribution in [1.29, 1.82) is 0 Å². The topological polar surface area (TPSA) is 15.7 Å². The van der Waals surface area contributed by atoms with Gasteiger partial charge in [-0.25, -0.2) is 0 Å². The van der Waals surface area contributed by atoms with Gasteiger partial charge in [-0.2, -0.15) is 0 Å². The molecule has 2 aliphatic heterocycles. The molecular weight excluding hydrogens is 248 g/mol. The Hall–Kier alpha value is -0.800. The zero-order valence-corrected chi connectivity index (χ0v) is 12.8. The third-order valence-electron chi connectivity index (χ3n) is 5.10. The van der Waals surface area contributed by atoms with Gasteiger partial charge in [-0.15, -0.1) is 0 Å². The first-order chi connectivity index (χ1) is 9.86. The van der Waals surface area contributed by atoms with Gasteiger partial charge in [-0.1, -0.05) is 18.6 Å². The molecule has 0 aromatic carbocycles. The molecule has 0 amide bonds. The van der Waals surface area contributed by atoms with Crippen LogP contribution in [0.3, 0.4) is 0 Å². The van der Waals surface area contributed by atoms with Gasteiger partial charge < -0.3 is 9.64 Å². The Morgan fingerprint density at radius 1 is 1.05 bits per heavy atom. The lowest BCUT2D eigenvalue weighted by Crippen LogP contribution is -2.48. The Labute approximate surface area is 123 Å².